The molecule has 0 spiro atoms. The van der Waals surface area contributed by atoms with Gasteiger partial charge in [-0.15, -0.1) is 4.83 Å². The molecule has 0 saturated heterocycles. The Hall–Kier alpha value is -1.41. The summed E-state index contributed by atoms with van der Waals surface area (Å²) in [5, 5.41) is 3.55. The van der Waals surface area contributed by atoms with E-state index in [1.807, 2.05) is 11.8 Å². The molecule has 1 aromatic rings. The minimum absolute atomic E-state index is 0.0491. The molecule has 0 unspecified atom stereocenters. The molecule has 0 aliphatic heterocycles. The molecule has 0 aliphatic carbocycles. The normalized spacial score (nSPS) is 13.3. The lowest BCUT2D eigenvalue weighted by Crippen LogP contribution is -2.44. The maximum absolute atomic E-state index is 11.9. The maximum atomic E-state index is 11.9. The average Bonchev–Trinajstić information content (AvgIpc) is 2.65. The highest BCUT2D eigenvalue weighted by molar-refractivity contribution is 7.89. The molecule has 102 valence electrons. The molecule has 0 bridgehead atoms. The number of hydrazine groups is 1. The van der Waals surface area contributed by atoms with Gasteiger partial charge >= 0.3 is 0 Å². The van der Waals surface area contributed by atoms with E-state index in [9.17, 15) is 13.2 Å². The summed E-state index contributed by atoms with van der Waals surface area (Å²) in [5.41, 5.74) is 2.42. The second-order valence-electron chi connectivity index (χ2n) is 4.06. The molecular formula is C10H17N3O4S. The second-order valence-corrected chi connectivity index (χ2v) is 5.68. The van der Waals surface area contributed by atoms with Gasteiger partial charge in [0.25, 0.3) is 10.0 Å². The van der Waals surface area contributed by atoms with E-state index in [1.165, 1.54) is 13.8 Å². The lowest BCUT2D eigenvalue weighted by atomic mass is 10.1. The highest BCUT2D eigenvalue weighted by Crippen LogP contribution is 2.17. The van der Waals surface area contributed by atoms with Gasteiger partial charge in [0.05, 0.1) is 0 Å². The zero-order chi connectivity index (χ0) is 13.9. The smallest absolute Gasteiger partial charge is 0.262 e. The predicted molar refractivity (Wildman–Crippen MR) is 63.9 cm³/mol. The van der Waals surface area contributed by atoms with Crippen LogP contribution in [0, 0.1) is 19.8 Å². The number of aryl methyl sites for hydroxylation is 2. The molecule has 0 aliphatic rings. The van der Waals surface area contributed by atoms with Crippen molar-refractivity contribution in [3.8, 4) is 0 Å². The summed E-state index contributed by atoms with van der Waals surface area (Å²) in [4.78, 5) is 13.5. The van der Waals surface area contributed by atoms with E-state index in [0.29, 0.717) is 6.42 Å². The summed E-state index contributed by atoms with van der Waals surface area (Å²) in [7, 11) is -3.85. The minimum atomic E-state index is -3.85. The van der Waals surface area contributed by atoms with Crippen LogP contribution in [-0.2, 0) is 14.8 Å². The summed E-state index contributed by atoms with van der Waals surface area (Å²) in [6.07, 6.45) is 0.624. The van der Waals surface area contributed by atoms with Crippen LogP contribution in [0.5, 0.6) is 0 Å². The SMILES string of the molecule is CC[C@H](C)C(=O)NNS(=O)(=O)c1c(C)noc1C. The monoisotopic (exact) mass is 275 g/mol. The topological polar surface area (TPSA) is 101 Å². The Kier molecular flexibility index (Phi) is 4.47. The highest BCUT2D eigenvalue weighted by atomic mass is 32.2. The van der Waals surface area contributed by atoms with Crippen LogP contribution in [0.25, 0.3) is 0 Å². The van der Waals surface area contributed by atoms with Crippen molar-refractivity contribution in [1.82, 2.24) is 15.4 Å². The third-order valence-corrected chi connectivity index (χ3v) is 4.10. The third kappa shape index (κ3) is 3.08. The van der Waals surface area contributed by atoms with E-state index < -0.39 is 10.0 Å². The van der Waals surface area contributed by atoms with Gasteiger partial charge in [-0.3, -0.25) is 10.2 Å². The van der Waals surface area contributed by atoms with Gasteiger partial charge < -0.3 is 4.52 Å². The maximum Gasteiger partial charge on any atom is 0.262 e. The molecule has 1 atom stereocenters. The molecule has 18 heavy (non-hydrogen) atoms. The number of rotatable bonds is 5. The number of nitrogens with one attached hydrogen (secondary N) is 2. The number of carbonyl (C=O) groups excluding carboxylic acids is 1. The molecule has 0 radical (unpaired) electrons. The fourth-order valence-electron chi connectivity index (χ4n) is 1.34. The molecule has 0 fully saturated rings. The van der Waals surface area contributed by atoms with Gasteiger partial charge in [0, 0.05) is 5.92 Å². The van der Waals surface area contributed by atoms with Gasteiger partial charge in [0.1, 0.15) is 10.6 Å². The molecule has 1 rings (SSSR count). The Morgan fingerprint density at radius 3 is 2.50 bits per heavy atom. The quantitative estimate of drug-likeness (QED) is 0.768. The molecule has 1 aromatic heterocycles. The summed E-state index contributed by atoms with van der Waals surface area (Å²) < 4.78 is 28.6. The lowest BCUT2D eigenvalue weighted by Gasteiger charge is -2.11. The Bertz CT molecular complexity index is 516. The van der Waals surface area contributed by atoms with Gasteiger partial charge in [-0.25, -0.2) is 8.42 Å². The molecule has 1 amide bonds. The van der Waals surface area contributed by atoms with Gasteiger partial charge in [-0.1, -0.05) is 19.0 Å². The number of hydrogen-bond acceptors (Lipinski definition) is 5. The van der Waals surface area contributed by atoms with E-state index in [1.54, 1.807) is 6.92 Å². The lowest BCUT2D eigenvalue weighted by molar-refractivity contribution is -0.125. The number of amides is 1. The van der Waals surface area contributed by atoms with Crippen LogP contribution in [0.4, 0.5) is 0 Å². The number of hydrogen-bond donors (Lipinski definition) is 2. The number of aromatic nitrogens is 1. The summed E-state index contributed by atoms with van der Waals surface area (Å²) in [5.74, 6) is -0.469. The van der Waals surface area contributed by atoms with Crippen LogP contribution in [0.3, 0.4) is 0 Å². The van der Waals surface area contributed by atoms with Crippen molar-refractivity contribution >= 4 is 15.9 Å². The second kappa shape index (κ2) is 5.49. The summed E-state index contributed by atoms with van der Waals surface area (Å²) >= 11 is 0. The highest BCUT2D eigenvalue weighted by Gasteiger charge is 2.25. The van der Waals surface area contributed by atoms with Gasteiger partial charge in [-0.05, 0) is 20.3 Å². The van der Waals surface area contributed by atoms with E-state index in [4.69, 9.17) is 4.52 Å². The first-order chi connectivity index (χ1) is 8.29. The molecule has 2 N–H and O–H groups in total. The molecule has 7 nitrogen and oxygen atoms in total. The van der Waals surface area contributed by atoms with E-state index in [-0.39, 0.29) is 28.2 Å². The summed E-state index contributed by atoms with van der Waals surface area (Å²) in [6.45, 7) is 6.55. The Labute approximate surface area is 106 Å². The standard InChI is InChI=1S/C10H17N3O4S/c1-5-6(2)10(14)11-13-18(15,16)9-7(3)12-17-8(9)4/h6,13H,5H2,1-4H3,(H,11,14)/t6-/m0/s1. The van der Waals surface area contributed by atoms with Crippen LogP contribution in [-0.4, -0.2) is 19.5 Å². The largest absolute Gasteiger partial charge is 0.360 e. The van der Waals surface area contributed by atoms with E-state index >= 15 is 0 Å². The zero-order valence-electron chi connectivity index (χ0n) is 10.8. The van der Waals surface area contributed by atoms with Crippen molar-refractivity contribution in [2.24, 2.45) is 5.92 Å². The van der Waals surface area contributed by atoms with E-state index in [2.05, 4.69) is 10.6 Å². The van der Waals surface area contributed by atoms with Crippen molar-refractivity contribution in [3.05, 3.63) is 11.5 Å². The molecular weight excluding hydrogens is 258 g/mol. The molecule has 0 saturated carbocycles. The molecule has 8 heteroatoms. The first kappa shape index (κ1) is 14.7. The van der Waals surface area contributed by atoms with Crippen molar-refractivity contribution in [3.63, 3.8) is 0 Å². The van der Waals surface area contributed by atoms with Crippen molar-refractivity contribution in [1.29, 1.82) is 0 Å². The fraction of sp³-hybridized carbons (Fsp3) is 0.600. The first-order valence-corrected chi connectivity index (χ1v) is 7.02. The predicted octanol–water partition coefficient (Wildman–Crippen LogP) is 0.647. The number of nitrogens with zero attached hydrogens (tertiary/aromatic N) is 1. The fourth-order valence-corrected chi connectivity index (χ4v) is 2.51. The van der Waals surface area contributed by atoms with Crippen molar-refractivity contribution < 1.29 is 17.7 Å². The van der Waals surface area contributed by atoms with Crippen LogP contribution >= 0.6 is 0 Å². The molecule has 1 heterocycles. The Morgan fingerprint density at radius 1 is 1.44 bits per heavy atom. The van der Waals surface area contributed by atoms with Crippen molar-refractivity contribution in [2.75, 3.05) is 0 Å². The average molecular weight is 275 g/mol. The minimum Gasteiger partial charge on any atom is -0.360 e. The van der Waals surface area contributed by atoms with E-state index in [0.717, 1.165) is 0 Å². The van der Waals surface area contributed by atoms with Gasteiger partial charge in [0.15, 0.2) is 5.76 Å². The Balaban J connectivity index is 2.82. The third-order valence-electron chi connectivity index (χ3n) is 2.61. The van der Waals surface area contributed by atoms with Crippen LogP contribution < -0.4 is 10.3 Å². The summed E-state index contributed by atoms with van der Waals surface area (Å²) in [6, 6.07) is 0. The number of sulfonamides is 1. The van der Waals surface area contributed by atoms with Gasteiger partial charge in [-0.2, -0.15) is 0 Å². The van der Waals surface area contributed by atoms with Crippen LogP contribution in [0.2, 0.25) is 0 Å². The van der Waals surface area contributed by atoms with Crippen molar-refractivity contribution in [2.45, 2.75) is 39.0 Å². The van der Waals surface area contributed by atoms with Crippen LogP contribution in [0.1, 0.15) is 31.7 Å². The first-order valence-electron chi connectivity index (χ1n) is 5.54. The Morgan fingerprint density at radius 2 is 2.06 bits per heavy atom. The van der Waals surface area contributed by atoms with Crippen LogP contribution in [0.15, 0.2) is 9.42 Å². The molecule has 0 aromatic carbocycles. The zero-order valence-corrected chi connectivity index (χ0v) is 11.6. The van der Waals surface area contributed by atoms with Gasteiger partial charge in [0.2, 0.25) is 5.91 Å². The number of carbonyl (C=O) groups is 1.